The van der Waals surface area contributed by atoms with E-state index in [-0.39, 0.29) is 13.1 Å². The molecule has 1 aliphatic heterocycles. The third kappa shape index (κ3) is 0.792. The van der Waals surface area contributed by atoms with Gasteiger partial charge in [-0.25, -0.2) is 0 Å². The van der Waals surface area contributed by atoms with Crippen LogP contribution in [-0.4, -0.2) is 29.7 Å². The highest BCUT2D eigenvalue weighted by Crippen LogP contribution is 2.16. The number of nitrogens with one attached hydrogen (secondary N) is 1. The SMILES string of the molecule is [N-]=[N+]=NC1(C(=O)O)CNC1. The molecule has 6 nitrogen and oxygen atoms in total. The Kier molecular flexibility index (Phi) is 1.48. The lowest BCUT2D eigenvalue weighted by molar-refractivity contribution is -0.145. The molecule has 0 saturated carbocycles. The van der Waals surface area contributed by atoms with Crippen molar-refractivity contribution in [3.63, 3.8) is 0 Å². The number of hydrogen-bond donors (Lipinski definition) is 2. The van der Waals surface area contributed by atoms with Gasteiger partial charge in [0.2, 0.25) is 0 Å². The first kappa shape index (κ1) is 6.85. The van der Waals surface area contributed by atoms with E-state index in [2.05, 4.69) is 15.3 Å². The van der Waals surface area contributed by atoms with Gasteiger partial charge >= 0.3 is 5.97 Å². The van der Waals surface area contributed by atoms with E-state index < -0.39 is 11.5 Å². The van der Waals surface area contributed by atoms with Crippen LogP contribution in [-0.2, 0) is 4.79 Å². The predicted octanol–water partition coefficient (Wildman–Crippen LogP) is -0.277. The number of carboxylic acid groups (broad SMARTS) is 1. The minimum absolute atomic E-state index is 0.229. The van der Waals surface area contributed by atoms with Gasteiger partial charge in [-0.15, -0.1) is 0 Å². The molecule has 1 aliphatic rings. The topological polar surface area (TPSA) is 98.1 Å². The maximum atomic E-state index is 10.4. The van der Waals surface area contributed by atoms with Gasteiger partial charge in [-0.05, 0) is 5.53 Å². The molecular formula is C4H6N4O2. The summed E-state index contributed by atoms with van der Waals surface area (Å²) in [4.78, 5) is 12.8. The van der Waals surface area contributed by atoms with Gasteiger partial charge in [0.15, 0.2) is 5.54 Å². The first-order valence-corrected chi connectivity index (χ1v) is 2.72. The Morgan fingerprint density at radius 1 is 1.80 bits per heavy atom. The Morgan fingerprint density at radius 3 is 2.50 bits per heavy atom. The van der Waals surface area contributed by atoms with Crippen molar-refractivity contribution in [2.75, 3.05) is 13.1 Å². The standard InChI is InChI=1S/C4H6N4O2/c5-8-7-4(3(9)10)1-6-2-4/h6H,1-2H2,(H,9,10). The van der Waals surface area contributed by atoms with Crippen LogP contribution in [0.25, 0.3) is 10.4 Å². The van der Waals surface area contributed by atoms with E-state index in [0.717, 1.165) is 0 Å². The third-order valence-corrected chi connectivity index (χ3v) is 1.47. The second-order valence-electron chi connectivity index (χ2n) is 2.13. The second kappa shape index (κ2) is 2.17. The smallest absolute Gasteiger partial charge is 0.318 e. The molecule has 0 atom stereocenters. The maximum Gasteiger partial charge on any atom is 0.318 e. The quantitative estimate of drug-likeness (QED) is 0.315. The largest absolute Gasteiger partial charge is 0.481 e. The van der Waals surface area contributed by atoms with E-state index in [1.807, 2.05) is 0 Å². The highest BCUT2D eigenvalue weighted by atomic mass is 16.4. The van der Waals surface area contributed by atoms with Crippen LogP contribution in [0, 0.1) is 0 Å². The fraction of sp³-hybridized carbons (Fsp3) is 0.750. The molecule has 54 valence electrons. The number of nitrogens with zero attached hydrogens (tertiary/aromatic N) is 3. The average molecular weight is 142 g/mol. The summed E-state index contributed by atoms with van der Waals surface area (Å²) in [6.07, 6.45) is 0. The molecule has 1 heterocycles. The normalized spacial score (nSPS) is 20.4. The molecule has 6 heteroatoms. The van der Waals surface area contributed by atoms with E-state index >= 15 is 0 Å². The van der Waals surface area contributed by atoms with Crippen molar-refractivity contribution in [2.24, 2.45) is 5.11 Å². The Labute approximate surface area is 56.5 Å². The van der Waals surface area contributed by atoms with Crippen LogP contribution >= 0.6 is 0 Å². The highest BCUT2D eigenvalue weighted by molar-refractivity contribution is 5.81. The molecule has 1 rings (SSSR count). The van der Waals surface area contributed by atoms with Crippen LogP contribution in [0.3, 0.4) is 0 Å². The predicted molar refractivity (Wildman–Crippen MR) is 32.4 cm³/mol. The summed E-state index contributed by atoms with van der Waals surface area (Å²) in [6, 6.07) is 0. The molecule has 0 aromatic heterocycles. The van der Waals surface area contributed by atoms with Gasteiger partial charge in [0.1, 0.15) is 0 Å². The van der Waals surface area contributed by atoms with Crippen LogP contribution in [0.1, 0.15) is 0 Å². The zero-order valence-corrected chi connectivity index (χ0v) is 5.11. The Balaban J connectivity index is 2.77. The van der Waals surface area contributed by atoms with Crippen LogP contribution in [0.15, 0.2) is 5.11 Å². The average Bonchev–Trinajstić information content (AvgIpc) is 1.77. The number of rotatable bonds is 2. The monoisotopic (exact) mass is 142 g/mol. The molecule has 0 aromatic carbocycles. The Bertz CT molecular complexity index is 199. The zero-order chi connectivity index (χ0) is 7.61. The number of carboxylic acids is 1. The van der Waals surface area contributed by atoms with Gasteiger partial charge in [0.05, 0.1) is 0 Å². The molecule has 0 bridgehead atoms. The van der Waals surface area contributed by atoms with E-state index in [0.29, 0.717) is 0 Å². The van der Waals surface area contributed by atoms with Gasteiger partial charge in [-0.2, -0.15) is 0 Å². The Hall–Kier alpha value is -1.26. The van der Waals surface area contributed by atoms with Gasteiger partial charge in [-0.3, -0.25) is 4.79 Å². The summed E-state index contributed by atoms with van der Waals surface area (Å²) >= 11 is 0. The summed E-state index contributed by atoms with van der Waals surface area (Å²) in [7, 11) is 0. The summed E-state index contributed by atoms with van der Waals surface area (Å²) in [6.45, 7) is 0.457. The van der Waals surface area contributed by atoms with Crippen LogP contribution in [0.2, 0.25) is 0 Å². The molecule has 0 aliphatic carbocycles. The van der Waals surface area contributed by atoms with Gasteiger partial charge < -0.3 is 10.4 Å². The number of hydrogen-bond acceptors (Lipinski definition) is 3. The first-order chi connectivity index (χ1) is 4.71. The first-order valence-electron chi connectivity index (χ1n) is 2.72. The number of azide groups is 1. The third-order valence-electron chi connectivity index (χ3n) is 1.47. The molecule has 0 spiro atoms. The molecule has 10 heavy (non-hydrogen) atoms. The summed E-state index contributed by atoms with van der Waals surface area (Å²) < 4.78 is 0. The fourth-order valence-corrected chi connectivity index (χ4v) is 0.712. The van der Waals surface area contributed by atoms with Crippen molar-refractivity contribution in [1.82, 2.24) is 5.32 Å². The molecule has 0 aromatic rings. The van der Waals surface area contributed by atoms with Gasteiger partial charge in [0.25, 0.3) is 0 Å². The van der Waals surface area contributed by atoms with Crippen molar-refractivity contribution >= 4 is 5.97 Å². The molecule has 0 radical (unpaired) electrons. The summed E-state index contributed by atoms with van der Waals surface area (Å²) in [5.74, 6) is -1.07. The number of carbonyl (C=O) groups is 1. The van der Waals surface area contributed by atoms with Crippen LogP contribution < -0.4 is 5.32 Å². The molecule has 2 N–H and O–H groups in total. The highest BCUT2D eigenvalue weighted by Gasteiger charge is 2.43. The van der Waals surface area contributed by atoms with Crippen LogP contribution in [0.4, 0.5) is 0 Å². The minimum atomic E-state index is -1.21. The molecular weight excluding hydrogens is 136 g/mol. The summed E-state index contributed by atoms with van der Waals surface area (Å²) in [5, 5.41) is 14.4. The molecule has 0 unspecified atom stereocenters. The van der Waals surface area contributed by atoms with Crippen molar-refractivity contribution in [3.8, 4) is 0 Å². The minimum Gasteiger partial charge on any atom is -0.481 e. The van der Waals surface area contributed by atoms with Gasteiger partial charge in [0, 0.05) is 18.0 Å². The van der Waals surface area contributed by atoms with E-state index in [4.69, 9.17) is 10.6 Å². The van der Waals surface area contributed by atoms with Crippen molar-refractivity contribution in [3.05, 3.63) is 10.4 Å². The molecule has 0 amide bonds. The molecule has 1 fully saturated rings. The lowest BCUT2D eigenvalue weighted by Gasteiger charge is -2.33. The molecule has 1 saturated heterocycles. The van der Waals surface area contributed by atoms with Crippen molar-refractivity contribution < 1.29 is 9.90 Å². The van der Waals surface area contributed by atoms with E-state index in [9.17, 15) is 4.79 Å². The van der Waals surface area contributed by atoms with Crippen molar-refractivity contribution in [2.45, 2.75) is 5.54 Å². The van der Waals surface area contributed by atoms with Gasteiger partial charge in [-0.1, -0.05) is 5.11 Å². The fourth-order valence-electron chi connectivity index (χ4n) is 0.712. The van der Waals surface area contributed by atoms with E-state index in [1.54, 1.807) is 0 Å². The lowest BCUT2D eigenvalue weighted by Crippen LogP contribution is -2.62. The number of aliphatic carboxylic acids is 1. The maximum absolute atomic E-state index is 10.4. The summed E-state index contributed by atoms with van der Waals surface area (Å²) in [5.41, 5.74) is 6.77. The lowest BCUT2D eigenvalue weighted by atomic mass is 9.94. The van der Waals surface area contributed by atoms with E-state index in [1.165, 1.54) is 0 Å². The zero-order valence-electron chi connectivity index (χ0n) is 5.11. The second-order valence-corrected chi connectivity index (χ2v) is 2.13. The van der Waals surface area contributed by atoms with Crippen LogP contribution in [0.5, 0.6) is 0 Å². The Morgan fingerprint density at radius 2 is 2.40 bits per heavy atom. The van der Waals surface area contributed by atoms with Crippen molar-refractivity contribution in [1.29, 1.82) is 0 Å².